The molecule has 0 saturated heterocycles. The average Bonchev–Trinajstić information content (AvgIpc) is 2.27. The van der Waals surface area contributed by atoms with Crippen molar-refractivity contribution in [2.45, 2.75) is 20.3 Å². The van der Waals surface area contributed by atoms with Gasteiger partial charge in [0.25, 0.3) is 0 Å². The summed E-state index contributed by atoms with van der Waals surface area (Å²) in [5, 5.41) is 0. The molecule has 0 fully saturated rings. The topological polar surface area (TPSA) is 48.0 Å². The Morgan fingerprint density at radius 1 is 1.50 bits per heavy atom. The van der Waals surface area contributed by atoms with Crippen molar-refractivity contribution in [2.75, 3.05) is 12.3 Å². The second kappa shape index (κ2) is 8.69. The second-order valence-corrected chi connectivity index (χ2v) is 6.50. The largest absolute Gasteiger partial charge is 0.598 e. The van der Waals surface area contributed by atoms with E-state index in [-0.39, 0.29) is 0 Å². The van der Waals surface area contributed by atoms with Crippen LogP contribution in [0.1, 0.15) is 26.0 Å². The molecule has 1 aromatic rings. The molecule has 0 saturated carbocycles. The third-order valence-corrected chi connectivity index (χ3v) is 4.02. The fourth-order valence-corrected chi connectivity index (χ4v) is 2.76. The van der Waals surface area contributed by atoms with Crippen molar-refractivity contribution in [3.8, 4) is 0 Å². The third-order valence-electron chi connectivity index (χ3n) is 2.08. The van der Waals surface area contributed by atoms with Gasteiger partial charge in [-0.15, -0.1) is 4.72 Å². The number of pyridine rings is 1. The molecule has 1 unspecified atom stereocenters. The van der Waals surface area contributed by atoms with Crippen LogP contribution in [0, 0.1) is 5.92 Å². The van der Waals surface area contributed by atoms with E-state index in [2.05, 4.69) is 39.5 Å². The summed E-state index contributed by atoms with van der Waals surface area (Å²) in [7, 11) is 0. The van der Waals surface area contributed by atoms with Crippen molar-refractivity contribution in [3.05, 3.63) is 34.6 Å². The zero-order chi connectivity index (χ0) is 13.4. The van der Waals surface area contributed by atoms with Gasteiger partial charge in [0.05, 0.1) is 5.69 Å². The summed E-state index contributed by atoms with van der Waals surface area (Å²) in [6.07, 6.45) is 4.85. The number of halogens is 1. The van der Waals surface area contributed by atoms with Crippen LogP contribution >= 0.6 is 15.9 Å². The Labute approximate surface area is 121 Å². The quantitative estimate of drug-likeness (QED) is 0.474. The van der Waals surface area contributed by atoms with Crippen LogP contribution in [0.15, 0.2) is 28.9 Å². The van der Waals surface area contributed by atoms with E-state index in [1.54, 1.807) is 0 Å². The predicted molar refractivity (Wildman–Crippen MR) is 81.4 cm³/mol. The highest BCUT2D eigenvalue weighted by atomic mass is 79.9. The molecule has 3 nitrogen and oxygen atoms in total. The Kier molecular flexibility index (Phi) is 7.58. The molecule has 0 aromatic carbocycles. The number of rotatable bonds is 7. The van der Waals surface area contributed by atoms with Gasteiger partial charge in [-0.2, -0.15) is 0 Å². The van der Waals surface area contributed by atoms with E-state index in [0.717, 1.165) is 23.3 Å². The molecule has 100 valence electrons. The molecule has 0 aliphatic rings. The maximum Gasteiger partial charge on any atom is 0.127 e. The van der Waals surface area contributed by atoms with E-state index in [9.17, 15) is 4.55 Å². The number of nitrogens with zero attached hydrogens (tertiary/aromatic N) is 1. The van der Waals surface area contributed by atoms with Crippen molar-refractivity contribution in [3.63, 3.8) is 0 Å². The summed E-state index contributed by atoms with van der Waals surface area (Å²) in [5.74, 6) is 1.16. The van der Waals surface area contributed by atoms with Crippen LogP contribution < -0.4 is 4.72 Å². The molecule has 0 amide bonds. The van der Waals surface area contributed by atoms with Crippen molar-refractivity contribution >= 4 is 33.4 Å². The van der Waals surface area contributed by atoms with Gasteiger partial charge in [0.1, 0.15) is 10.4 Å². The first-order valence-corrected chi connectivity index (χ1v) is 8.10. The molecule has 1 aromatic heterocycles. The minimum Gasteiger partial charge on any atom is -0.598 e. The van der Waals surface area contributed by atoms with E-state index in [1.165, 1.54) is 0 Å². The smallest absolute Gasteiger partial charge is 0.127 e. The molecule has 1 rings (SSSR count). The molecular weight excluding hydrogens is 312 g/mol. The molecule has 0 spiro atoms. The van der Waals surface area contributed by atoms with Crippen LogP contribution in [0.3, 0.4) is 0 Å². The van der Waals surface area contributed by atoms with Crippen LogP contribution in [-0.2, 0) is 11.4 Å². The molecule has 0 aliphatic carbocycles. The maximum atomic E-state index is 11.5. The fraction of sp³-hybridized carbons (Fsp3) is 0.462. The van der Waals surface area contributed by atoms with Gasteiger partial charge in [0.15, 0.2) is 0 Å². The van der Waals surface area contributed by atoms with Crippen LogP contribution in [-0.4, -0.2) is 21.8 Å². The highest BCUT2D eigenvalue weighted by Crippen LogP contribution is 2.07. The second-order valence-electron chi connectivity index (χ2n) is 4.38. The zero-order valence-corrected chi connectivity index (χ0v) is 13.1. The van der Waals surface area contributed by atoms with Gasteiger partial charge < -0.3 is 4.55 Å². The minimum atomic E-state index is -0.909. The number of hydrogen-bond acceptors (Lipinski definition) is 3. The lowest BCUT2D eigenvalue weighted by atomic mass is 10.3. The van der Waals surface area contributed by atoms with E-state index in [4.69, 9.17) is 0 Å². The SMILES string of the molecule is CC(C)C[S+]([O-])NCCC=Cc1cccc(Br)n1. The highest BCUT2D eigenvalue weighted by Gasteiger charge is 2.07. The molecule has 1 N–H and O–H groups in total. The molecule has 5 heteroatoms. The Balaban J connectivity index is 2.21. The van der Waals surface area contributed by atoms with Gasteiger partial charge in [-0.1, -0.05) is 26.0 Å². The monoisotopic (exact) mass is 330 g/mol. The standard InChI is InChI=1S/C13H19BrN2OS/c1-11(2)10-18(17)15-9-4-3-6-12-7-5-8-13(14)16-12/h3,5-8,11,15H,4,9-10H2,1-2H3. The van der Waals surface area contributed by atoms with Gasteiger partial charge in [-0.3, -0.25) is 0 Å². The average molecular weight is 331 g/mol. The van der Waals surface area contributed by atoms with E-state index < -0.39 is 11.4 Å². The summed E-state index contributed by atoms with van der Waals surface area (Å²) in [6.45, 7) is 4.86. The van der Waals surface area contributed by atoms with Crippen LogP contribution in [0.4, 0.5) is 0 Å². The molecule has 18 heavy (non-hydrogen) atoms. The van der Waals surface area contributed by atoms with Crippen molar-refractivity contribution in [1.29, 1.82) is 0 Å². The highest BCUT2D eigenvalue weighted by molar-refractivity contribution is 9.10. The van der Waals surface area contributed by atoms with Gasteiger partial charge in [0.2, 0.25) is 0 Å². The Morgan fingerprint density at radius 3 is 2.94 bits per heavy atom. The predicted octanol–water partition coefficient (Wildman–Crippen LogP) is 3.16. The zero-order valence-electron chi connectivity index (χ0n) is 10.7. The lowest BCUT2D eigenvalue weighted by Gasteiger charge is -2.12. The lowest BCUT2D eigenvalue weighted by molar-refractivity contribution is 0.567. The van der Waals surface area contributed by atoms with Gasteiger partial charge in [-0.25, -0.2) is 4.98 Å². The normalized spacial score (nSPS) is 13.4. The van der Waals surface area contributed by atoms with Gasteiger partial charge in [-0.05, 0) is 46.5 Å². The van der Waals surface area contributed by atoms with Gasteiger partial charge >= 0.3 is 0 Å². The van der Waals surface area contributed by atoms with E-state index in [0.29, 0.717) is 11.7 Å². The molecule has 0 radical (unpaired) electrons. The van der Waals surface area contributed by atoms with Crippen LogP contribution in [0.2, 0.25) is 0 Å². The summed E-state index contributed by atoms with van der Waals surface area (Å²) >= 11 is 2.42. The Morgan fingerprint density at radius 2 is 2.28 bits per heavy atom. The number of nitrogens with one attached hydrogen (secondary N) is 1. The van der Waals surface area contributed by atoms with Crippen LogP contribution in [0.5, 0.6) is 0 Å². The molecule has 0 bridgehead atoms. The summed E-state index contributed by atoms with van der Waals surface area (Å²) < 4.78 is 15.3. The van der Waals surface area contributed by atoms with E-state index >= 15 is 0 Å². The van der Waals surface area contributed by atoms with Crippen LogP contribution in [0.25, 0.3) is 6.08 Å². The summed E-state index contributed by atoms with van der Waals surface area (Å²) in [4.78, 5) is 4.29. The van der Waals surface area contributed by atoms with Gasteiger partial charge in [0, 0.05) is 17.9 Å². The van der Waals surface area contributed by atoms with Crippen molar-refractivity contribution in [1.82, 2.24) is 9.71 Å². The molecule has 1 heterocycles. The number of hydrogen-bond donors (Lipinski definition) is 1. The summed E-state index contributed by atoms with van der Waals surface area (Å²) in [5.41, 5.74) is 0.924. The fourth-order valence-electron chi connectivity index (χ4n) is 1.34. The van der Waals surface area contributed by atoms with Crippen molar-refractivity contribution in [2.24, 2.45) is 5.92 Å². The summed E-state index contributed by atoms with van der Waals surface area (Å²) in [6, 6.07) is 5.80. The first-order chi connectivity index (χ1) is 8.58. The Hall–Kier alpha value is -0.360. The number of aromatic nitrogens is 1. The van der Waals surface area contributed by atoms with E-state index in [1.807, 2.05) is 30.4 Å². The first kappa shape index (κ1) is 15.7. The lowest BCUT2D eigenvalue weighted by Crippen LogP contribution is -2.29. The minimum absolute atomic E-state index is 0.458. The first-order valence-electron chi connectivity index (χ1n) is 5.99. The molecule has 0 aliphatic heterocycles. The van der Waals surface area contributed by atoms with Crippen molar-refractivity contribution < 1.29 is 4.55 Å². The molecular formula is C13H19BrN2OS. The Bertz CT molecular complexity index is 385. The molecule has 1 atom stereocenters. The third kappa shape index (κ3) is 7.16. The maximum absolute atomic E-state index is 11.5.